The molecular formula is C25H26ClN5O2S. The van der Waals surface area contributed by atoms with E-state index in [0.717, 1.165) is 27.0 Å². The Bertz CT molecular complexity index is 1330. The summed E-state index contributed by atoms with van der Waals surface area (Å²) in [4.78, 5) is 28.3. The van der Waals surface area contributed by atoms with E-state index >= 15 is 0 Å². The summed E-state index contributed by atoms with van der Waals surface area (Å²) in [5.41, 5.74) is 3.59. The highest BCUT2D eigenvalue weighted by atomic mass is 35.5. The Balaban J connectivity index is 1.43. The zero-order chi connectivity index (χ0) is 24.2. The van der Waals surface area contributed by atoms with E-state index in [1.165, 1.54) is 11.3 Å². The second-order valence-electron chi connectivity index (χ2n) is 8.37. The number of anilines is 1. The van der Waals surface area contributed by atoms with Crippen LogP contribution in [0.4, 0.5) is 5.69 Å². The summed E-state index contributed by atoms with van der Waals surface area (Å²) in [5, 5.41) is 12.2. The van der Waals surface area contributed by atoms with Crippen LogP contribution in [-0.4, -0.2) is 47.1 Å². The van der Waals surface area contributed by atoms with Gasteiger partial charge in [0.05, 0.1) is 23.7 Å². The Labute approximate surface area is 207 Å². The fourth-order valence-electron chi connectivity index (χ4n) is 3.61. The third-order valence-corrected chi connectivity index (χ3v) is 6.60. The highest BCUT2D eigenvalue weighted by Gasteiger charge is 2.16. The van der Waals surface area contributed by atoms with E-state index in [1.54, 1.807) is 4.90 Å². The largest absolute Gasteiger partial charge is 0.347 e. The van der Waals surface area contributed by atoms with Gasteiger partial charge in [-0.3, -0.25) is 14.3 Å². The molecule has 7 nitrogen and oxygen atoms in total. The Morgan fingerprint density at radius 3 is 2.59 bits per heavy atom. The molecule has 0 aliphatic heterocycles. The average molecular weight is 496 g/mol. The summed E-state index contributed by atoms with van der Waals surface area (Å²) in [6.07, 6.45) is 0. The van der Waals surface area contributed by atoms with Crippen LogP contribution in [0, 0.1) is 6.92 Å². The van der Waals surface area contributed by atoms with Crippen molar-refractivity contribution in [1.29, 1.82) is 0 Å². The number of aryl methyl sites for hydroxylation is 1. The smallest absolute Gasteiger partial charge is 0.261 e. The van der Waals surface area contributed by atoms with E-state index in [2.05, 4.69) is 15.7 Å². The molecule has 34 heavy (non-hydrogen) atoms. The second-order valence-corrected chi connectivity index (χ2v) is 9.84. The van der Waals surface area contributed by atoms with Crippen molar-refractivity contribution >= 4 is 50.7 Å². The van der Waals surface area contributed by atoms with Crippen LogP contribution in [0.3, 0.4) is 0 Å². The van der Waals surface area contributed by atoms with Gasteiger partial charge in [0.25, 0.3) is 5.91 Å². The molecule has 0 atom stereocenters. The number of thiophene rings is 1. The third-order valence-electron chi connectivity index (χ3n) is 5.20. The first-order valence-corrected chi connectivity index (χ1v) is 12.0. The number of carbonyl (C=O) groups excluding carboxylic acids is 2. The summed E-state index contributed by atoms with van der Waals surface area (Å²) in [7, 11) is 3.69. The summed E-state index contributed by atoms with van der Waals surface area (Å²) >= 11 is 7.42. The van der Waals surface area contributed by atoms with Gasteiger partial charge >= 0.3 is 0 Å². The standard InChI is InChI=1S/C25H26ClN5O2S/c1-16-21-12-22(34-25(21)31(29-16)14-17-7-9-19(26)10-8-17)24(33)27-13-18-5-4-6-20(11-18)28-23(32)15-30(2)3/h4-12H,13-15H2,1-3H3,(H,27,33)(H,28,32). The molecule has 2 amide bonds. The molecule has 2 N–H and O–H groups in total. The molecule has 2 aromatic heterocycles. The molecule has 0 spiro atoms. The topological polar surface area (TPSA) is 79.3 Å². The van der Waals surface area contributed by atoms with Crippen molar-refractivity contribution < 1.29 is 9.59 Å². The molecule has 0 saturated carbocycles. The van der Waals surface area contributed by atoms with Crippen molar-refractivity contribution in [2.24, 2.45) is 0 Å². The maximum atomic E-state index is 12.9. The highest BCUT2D eigenvalue weighted by Crippen LogP contribution is 2.29. The number of hydrogen-bond acceptors (Lipinski definition) is 5. The monoisotopic (exact) mass is 495 g/mol. The summed E-state index contributed by atoms with van der Waals surface area (Å²) in [5.74, 6) is -0.222. The Morgan fingerprint density at radius 1 is 1.09 bits per heavy atom. The number of fused-ring (bicyclic) bond motifs is 1. The molecule has 0 saturated heterocycles. The third kappa shape index (κ3) is 5.83. The fraction of sp³-hybridized carbons (Fsp3) is 0.240. The minimum absolute atomic E-state index is 0.0838. The molecule has 0 radical (unpaired) electrons. The van der Waals surface area contributed by atoms with Gasteiger partial charge in [-0.1, -0.05) is 35.9 Å². The van der Waals surface area contributed by atoms with Gasteiger partial charge in [-0.25, -0.2) is 0 Å². The Kier molecular flexibility index (Phi) is 7.31. The fourth-order valence-corrected chi connectivity index (χ4v) is 4.81. The van der Waals surface area contributed by atoms with Crippen LogP contribution in [0.1, 0.15) is 26.5 Å². The lowest BCUT2D eigenvalue weighted by Crippen LogP contribution is -2.27. The molecule has 176 valence electrons. The van der Waals surface area contributed by atoms with Gasteiger partial charge in [0.2, 0.25) is 5.91 Å². The molecule has 0 bridgehead atoms. The first kappa shape index (κ1) is 23.9. The number of carbonyl (C=O) groups is 2. The minimum Gasteiger partial charge on any atom is -0.347 e. The normalized spacial score (nSPS) is 11.2. The number of likely N-dealkylation sites (N-methyl/N-ethyl adjacent to an activating group) is 1. The Hall–Kier alpha value is -3.20. The lowest BCUT2D eigenvalue weighted by Gasteiger charge is -2.11. The number of benzene rings is 2. The number of nitrogens with one attached hydrogen (secondary N) is 2. The maximum absolute atomic E-state index is 12.9. The van der Waals surface area contributed by atoms with Crippen LogP contribution in [0.5, 0.6) is 0 Å². The quantitative estimate of drug-likeness (QED) is 0.376. The van der Waals surface area contributed by atoms with Crippen LogP contribution in [0.15, 0.2) is 54.6 Å². The molecule has 0 aliphatic rings. The molecule has 4 aromatic rings. The molecule has 4 rings (SSSR count). The SMILES string of the molecule is Cc1nn(Cc2ccc(Cl)cc2)c2sc(C(=O)NCc3cccc(NC(=O)CN(C)C)c3)cc12. The molecule has 0 fully saturated rings. The van der Waals surface area contributed by atoms with Crippen molar-refractivity contribution in [3.8, 4) is 0 Å². The average Bonchev–Trinajstić information content (AvgIpc) is 3.34. The predicted octanol–water partition coefficient (Wildman–Crippen LogP) is 4.54. The van der Waals surface area contributed by atoms with E-state index in [9.17, 15) is 9.59 Å². The van der Waals surface area contributed by atoms with Crippen molar-refractivity contribution in [3.05, 3.63) is 81.3 Å². The number of hydrogen-bond donors (Lipinski definition) is 2. The van der Waals surface area contributed by atoms with Gasteiger partial charge < -0.3 is 15.5 Å². The van der Waals surface area contributed by atoms with E-state index in [1.807, 2.05) is 80.3 Å². The molecule has 0 unspecified atom stereocenters. The Morgan fingerprint density at radius 2 is 1.85 bits per heavy atom. The zero-order valence-corrected chi connectivity index (χ0v) is 20.8. The van der Waals surface area contributed by atoms with E-state index < -0.39 is 0 Å². The second kappa shape index (κ2) is 10.4. The lowest BCUT2D eigenvalue weighted by atomic mass is 10.2. The number of halogens is 1. The van der Waals surface area contributed by atoms with E-state index in [-0.39, 0.29) is 11.8 Å². The van der Waals surface area contributed by atoms with E-state index in [4.69, 9.17) is 11.6 Å². The van der Waals surface area contributed by atoms with Crippen LogP contribution < -0.4 is 10.6 Å². The van der Waals surface area contributed by atoms with Gasteiger partial charge in [0.15, 0.2) is 0 Å². The summed E-state index contributed by atoms with van der Waals surface area (Å²) in [6.45, 7) is 3.22. The van der Waals surface area contributed by atoms with E-state index in [0.29, 0.717) is 35.2 Å². The molecular weight excluding hydrogens is 470 g/mol. The molecule has 2 heterocycles. The molecule has 9 heteroatoms. The molecule has 2 aromatic carbocycles. The van der Waals surface area contributed by atoms with Crippen molar-refractivity contribution in [2.75, 3.05) is 26.0 Å². The first-order valence-electron chi connectivity index (χ1n) is 10.8. The van der Waals surface area contributed by atoms with Gasteiger partial charge in [0.1, 0.15) is 4.83 Å². The van der Waals surface area contributed by atoms with Gasteiger partial charge in [-0.2, -0.15) is 5.10 Å². The first-order chi connectivity index (χ1) is 16.3. The summed E-state index contributed by atoms with van der Waals surface area (Å²) in [6, 6.07) is 17.1. The number of nitrogens with zero attached hydrogens (tertiary/aromatic N) is 3. The van der Waals surface area contributed by atoms with Gasteiger partial charge in [-0.15, -0.1) is 11.3 Å². The summed E-state index contributed by atoms with van der Waals surface area (Å²) < 4.78 is 1.93. The maximum Gasteiger partial charge on any atom is 0.261 e. The van der Waals surface area contributed by atoms with Gasteiger partial charge in [-0.05, 0) is 62.5 Å². The highest BCUT2D eigenvalue weighted by molar-refractivity contribution is 7.20. The number of amides is 2. The minimum atomic E-state index is -0.138. The molecule has 0 aliphatic carbocycles. The van der Waals surface area contributed by atoms with Crippen LogP contribution in [-0.2, 0) is 17.9 Å². The zero-order valence-electron chi connectivity index (χ0n) is 19.3. The van der Waals surface area contributed by atoms with Crippen molar-refractivity contribution in [2.45, 2.75) is 20.0 Å². The number of rotatable bonds is 8. The lowest BCUT2D eigenvalue weighted by molar-refractivity contribution is -0.116. The van der Waals surface area contributed by atoms with Crippen molar-refractivity contribution in [3.63, 3.8) is 0 Å². The van der Waals surface area contributed by atoms with Crippen molar-refractivity contribution in [1.82, 2.24) is 20.0 Å². The van der Waals surface area contributed by atoms with Gasteiger partial charge in [0, 0.05) is 22.6 Å². The predicted molar refractivity (Wildman–Crippen MR) is 138 cm³/mol. The number of aromatic nitrogens is 2. The van der Waals surface area contributed by atoms with Crippen LogP contribution in [0.2, 0.25) is 5.02 Å². The van der Waals surface area contributed by atoms with Crippen LogP contribution in [0.25, 0.3) is 10.2 Å². The van der Waals surface area contributed by atoms with Crippen LogP contribution >= 0.6 is 22.9 Å².